The first kappa shape index (κ1) is 25.9. The summed E-state index contributed by atoms with van der Waals surface area (Å²) in [6.07, 6.45) is -6.67. The highest BCUT2D eigenvalue weighted by molar-refractivity contribution is 5.94. The van der Waals surface area contributed by atoms with Gasteiger partial charge in [-0.25, -0.2) is 4.79 Å². The van der Waals surface area contributed by atoms with Crippen molar-refractivity contribution in [3.8, 4) is 0 Å². The molecule has 0 aromatic heterocycles. The molecular formula is C24H27F3N2O4. The molecule has 0 radical (unpaired) electrons. The molecule has 0 heterocycles. The second-order valence-electron chi connectivity index (χ2n) is 8.03. The quantitative estimate of drug-likeness (QED) is 0.544. The van der Waals surface area contributed by atoms with Gasteiger partial charge in [0.15, 0.2) is 0 Å². The molecule has 0 unspecified atom stereocenters. The van der Waals surface area contributed by atoms with Gasteiger partial charge >= 0.3 is 12.3 Å². The van der Waals surface area contributed by atoms with Crippen molar-refractivity contribution in [3.05, 3.63) is 71.8 Å². The summed E-state index contributed by atoms with van der Waals surface area (Å²) in [5.41, 5.74) is 1.33. The second-order valence-corrected chi connectivity index (χ2v) is 8.03. The highest BCUT2D eigenvalue weighted by Crippen LogP contribution is 2.22. The van der Waals surface area contributed by atoms with Crippen LogP contribution in [-0.2, 0) is 22.6 Å². The Kier molecular flexibility index (Phi) is 9.02. The van der Waals surface area contributed by atoms with Gasteiger partial charge in [-0.2, -0.15) is 13.2 Å². The molecule has 9 heteroatoms. The summed E-state index contributed by atoms with van der Waals surface area (Å²) in [5, 5.41) is 11.9. The lowest BCUT2D eigenvalue weighted by molar-refractivity contribution is -0.174. The van der Waals surface area contributed by atoms with Crippen LogP contribution in [0, 0.1) is 5.92 Å². The van der Waals surface area contributed by atoms with E-state index in [0.29, 0.717) is 11.1 Å². The van der Waals surface area contributed by atoms with Crippen LogP contribution in [0.25, 0.3) is 0 Å². The number of carboxylic acid groups (broad SMARTS) is 1. The lowest BCUT2D eigenvalue weighted by atomic mass is 9.98. The van der Waals surface area contributed by atoms with Crippen molar-refractivity contribution in [1.82, 2.24) is 10.2 Å². The summed E-state index contributed by atoms with van der Waals surface area (Å²) in [6.45, 7) is 3.06. The Balaban J connectivity index is 2.25. The summed E-state index contributed by atoms with van der Waals surface area (Å²) in [7, 11) is 0. The van der Waals surface area contributed by atoms with Crippen molar-refractivity contribution in [2.45, 2.75) is 51.5 Å². The first-order valence-electron chi connectivity index (χ1n) is 10.5. The van der Waals surface area contributed by atoms with E-state index in [-0.39, 0.29) is 19.4 Å². The Hall–Kier alpha value is -3.36. The molecule has 33 heavy (non-hydrogen) atoms. The second kappa shape index (κ2) is 11.5. The minimum absolute atomic E-state index is 0.131. The summed E-state index contributed by atoms with van der Waals surface area (Å²) in [5.74, 6) is -3.57. The summed E-state index contributed by atoms with van der Waals surface area (Å²) >= 11 is 0. The van der Waals surface area contributed by atoms with Gasteiger partial charge in [-0.1, -0.05) is 74.5 Å². The molecule has 0 fully saturated rings. The number of benzene rings is 2. The normalized spacial score (nSPS) is 13.3. The molecule has 2 amide bonds. The Labute approximate surface area is 190 Å². The highest BCUT2D eigenvalue weighted by atomic mass is 19.4. The maximum atomic E-state index is 13.2. The molecule has 0 spiro atoms. The summed E-state index contributed by atoms with van der Waals surface area (Å²) in [6, 6.07) is 14.0. The van der Waals surface area contributed by atoms with Crippen LogP contribution in [0.5, 0.6) is 0 Å². The number of carbonyl (C=O) groups excluding carboxylic acids is 2. The third-order valence-corrected chi connectivity index (χ3v) is 5.15. The Morgan fingerprint density at radius 1 is 0.939 bits per heavy atom. The first-order chi connectivity index (χ1) is 15.5. The van der Waals surface area contributed by atoms with Gasteiger partial charge in [0.1, 0.15) is 6.04 Å². The highest BCUT2D eigenvalue weighted by Gasteiger charge is 2.45. The Bertz CT molecular complexity index is 934. The van der Waals surface area contributed by atoms with E-state index in [1.807, 2.05) is 0 Å². The van der Waals surface area contributed by atoms with Gasteiger partial charge in [0.25, 0.3) is 5.78 Å². The molecule has 0 bridgehead atoms. The van der Waals surface area contributed by atoms with Crippen LogP contribution in [0.1, 0.15) is 31.4 Å². The molecular weight excluding hydrogens is 437 g/mol. The molecule has 178 valence electrons. The summed E-state index contributed by atoms with van der Waals surface area (Å²) < 4.78 is 39.6. The lowest BCUT2D eigenvalue weighted by Gasteiger charge is -2.32. The van der Waals surface area contributed by atoms with Crippen LogP contribution in [-0.4, -0.2) is 46.1 Å². The minimum atomic E-state index is -5.14. The van der Waals surface area contributed by atoms with Gasteiger partial charge in [0, 0.05) is 6.54 Å². The molecule has 2 N–H and O–H groups in total. The van der Waals surface area contributed by atoms with Gasteiger partial charge in [-0.15, -0.1) is 0 Å². The largest absolute Gasteiger partial charge is 0.465 e. The average molecular weight is 464 g/mol. The van der Waals surface area contributed by atoms with Crippen molar-refractivity contribution >= 4 is 17.8 Å². The number of ketones is 1. The number of Topliss-reactive ketones (excluding diaryl/α,β-unsaturated/α-hetero) is 1. The molecule has 0 saturated carbocycles. The fraction of sp³-hybridized carbons (Fsp3) is 0.375. The zero-order chi connectivity index (χ0) is 24.6. The molecule has 0 aliphatic heterocycles. The number of halogens is 3. The van der Waals surface area contributed by atoms with Crippen molar-refractivity contribution in [2.24, 2.45) is 5.92 Å². The fourth-order valence-corrected chi connectivity index (χ4v) is 3.55. The first-order valence-corrected chi connectivity index (χ1v) is 10.5. The number of carbonyl (C=O) groups is 3. The van der Waals surface area contributed by atoms with Gasteiger partial charge in [-0.05, 0) is 29.9 Å². The van der Waals surface area contributed by atoms with Gasteiger partial charge in [-0.3, -0.25) is 14.5 Å². The van der Waals surface area contributed by atoms with E-state index in [1.165, 1.54) is 0 Å². The van der Waals surface area contributed by atoms with Crippen LogP contribution < -0.4 is 5.32 Å². The third kappa shape index (κ3) is 7.62. The van der Waals surface area contributed by atoms with Crippen LogP contribution in [0.15, 0.2) is 60.7 Å². The monoisotopic (exact) mass is 464 g/mol. The lowest BCUT2D eigenvalue weighted by Crippen LogP contribution is -2.56. The van der Waals surface area contributed by atoms with E-state index >= 15 is 0 Å². The van der Waals surface area contributed by atoms with Crippen LogP contribution in [0.4, 0.5) is 18.0 Å². The van der Waals surface area contributed by atoms with Gasteiger partial charge in [0.2, 0.25) is 5.91 Å². The third-order valence-electron chi connectivity index (χ3n) is 5.15. The van der Waals surface area contributed by atoms with Gasteiger partial charge < -0.3 is 10.4 Å². The molecule has 2 rings (SSSR count). The standard InChI is InChI=1S/C24H27F3N2O4/c1-16(2)20(29(23(32)33)15-18-11-7-4-8-12-18)22(31)28-19(21(30)24(25,26)27)14-13-17-9-5-3-6-10-17/h3-12,16,19-20H,13-15H2,1-2H3,(H,28,31)(H,32,33)/t19-,20-/m0/s1. The number of aryl methyl sites for hydroxylation is 1. The molecule has 0 aliphatic rings. The predicted octanol–water partition coefficient (Wildman–Crippen LogP) is 4.44. The molecule has 2 aromatic carbocycles. The Morgan fingerprint density at radius 2 is 1.45 bits per heavy atom. The Morgan fingerprint density at radius 3 is 1.91 bits per heavy atom. The number of alkyl halides is 3. The van der Waals surface area contributed by atoms with Crippen molar-refractivity contribution in [1.29, 1.82) is 0 Å². The number of rotatable bonds is 10. The van der Waals surface area contributed by atoms with E-state index < -0.39 is 42.0 Å². The molecule has 2 atom stereocenters. The number of amides is 2. The molecule has 0 saturated heterocycles. The van der Waals surface area contributed by atoms with E-state index in [2.05, 4.69) is 5.32 Å². The minimum Gasteiger partial charge on any atom is -0.465 e. The van der Waals surface area contributed by atoms with E-state index in [4.69, 9.17) is 0 Å². The predicted molar refractivity (Wildman–Crippen MR) is 116 cm³/mol. The zero-order valence-electron chi connectivity index (χ0n) is 18.4. The van der Waals surface area contributed by atoms with Crippen LogP contribution >= 0.6 is 0 Å². The van der Waals surface area contributed by atoms with Crippen LogP contribution in [0.2, 0.25) is 0 Å². The maximum absolute atomic E-state index is 13.2. The maximum Gasteiger partial charge on any atom is 0.452 e. The number of nitrogens with zero attached hydrogens (tertiary/aromatic N) is 1. The van der Waals surface area contributed by atoms with E-state index in [0.717, 1.165) is 4.90 Å². The number of nitrogens with one attached hydrogen (secondary N) is 1. The smallest absolute Gasteiger partial charge is 0.452 e. The van der Waals surface area contributed by atoms with Crippen molar-refractivity contribution in [2.75, 3.05) is 0 Å². The molecule has 2 aromatic rings. The van der Waals surface area contributed by atoms with Crippen molar-refractivity contribution < 1.29 is 32.7 Å². The molecule has 6 nitrogen and oxygen atoms in total. The average Bonchev–Trinajstić information content (AvgIpc) is 2.76. The zero-order valence-corrected chi connectivity index (χ0v) is 18.4. The number of hydrogen-bond donors (Lipinski definition) is 2. The van der Waals surface area contributed by atoms with E-state index in [1.54, 1.807) is 74.5 Å². The molecule has 0 aliphatic carbocycles. The van der Waals surface area contributed by atoms with Crippen molar-refractivity contribution in [3.63, 3.8) is 0 Å². The van der Waals surface area contributed by atoms with Crippen LogP contribution in [0.3, 0.4) is 0 Å². The summed E-state index contributed by atoms with van der Waals surface area (Å²) in [4.78, 5) is 37.9. The van der Waals surface area contributed by atoms with Gasteiger partial charge in [0.05, 0.1) is 6.04 Å². The number of hydrogen-bond acceptors (Lipinski definition) is 3. The fourth-order valence-electron chi connectivity index (χ4n) is 3.55. The van der Waals surface area contributed by atoms with E-state index in [9.17, 15) is 32.7 Å². The topological polar surface area (TPSA) is 86.7 Å². The SMILES string of the molecule is CC(C)[C@@H](C(=O)N[C@@H](CCc1ccccc1)C(=O)C(F)(F)F)N(Cc1ccccc1)C(=O)O.